The number of aliphatic hydroxyl groups is 1. The Morgan fingerprint density at radius 3 is 2.94 bits per heavy atom. The van der Waals surface area contributed by atoms with Gasteiger partial charge < -0.3 is 5.11 Å². The van der Waals surface area contributed by atoms with Gasteiger partial charge in [0.25, 0.3) is 0 Å². The van der Waals surface area contributed by atoms with Crippen LogP contribution >= 0.6 is 0 Å². The largest absolute Gasteiger partial charge is 0.392 e. The molecule has 18 heavy (non-hydrogen) atoms. The first kappa shape index (κ1) is 14.6. The van der Waals surface area contributed by atoms with Crippen LogP contribution in [0.3, 0.4) is 0 Å². The van der Waals surface area contributed by atoms with E-state index in [4.69, 9.17) is 5.26 Å². The Bertz CT molecular complexity index is 537. The number of nitrogens with one attached hydrogen (secondary N) is 1. The fraction of sp³-hybridized carbons (Fsp3) is 0.455. The molecule has 6 nitrogen and oxygen atoms in total. The number of nitrogens with zero attached hydrogens (tertiary/aromatic N) is 2. The molecule has 0 bridgehead atoms. The van der Waals surface area contributed by atoms with Gasteiger partial charge >= 0.3 is 0 Å². The summed E-state index contributed by atoms with van der Waals surface area (Å²) in [4.78, 5) is 3.51. The molecule has 0 saturated heterocycles. The van der Waals surface area contributed by atoms with E-state index in [-0.39, 0.29) is 17.1 Å². The van der Waals surface area contributed by atoms with Crippen molar-refractivity contribution >= 4 is 10.0 Å². The molecule has 1 rings (SSSR count). The molecule has 7 heteroatoms. The number of aromatic nitrogens is 1. The van der Waals surface area contributed by atoms with Crippen LogP contribution in [0.5, 0.6) is 0 Å². The normalized spacial score (nSPS) is 12.9. The molecule has 0 aromatic carbocycles. The van der Waals surface area contributed by atoms with Gasteiger partial charge in [0.2, 0.25) is 10.0 Å². The van der Waals surface area contributed by atoms with Crippen molar-refractivity contribution in [1.82, 2.24) is 9.71 Å². The molecule has 0 amide bonds. The molecule has 0 fully saturated rings. The van der Waals surface area contributed by atoms with Crippen LogP contribution in [-0.2, 0) is 10.0 Å². The van der Waals surface area contributed by atoms with Gasteiger partial charge in [0.05, 0.1) is 6.10 Å². The van der Waals surface area contributed by atoms with Crippen molar-refractivity contribution in [1.29, 1.82) is 5.26 Å². The predicted molar refractivity (Wildman–Crippen MR) is 65.1 cm³/mol. The van der Waals surface area contributed by atoms with Crippen LogP contribution in [0.4, 0.5) is 0 Å². The quantitative estimate of drug-likeness (QED) is 0.777. The van der Waals surface area contributed by atoms with E-state index in [0.29, 0.717) is 6.42 Å². The molecule has 0 aliphatic carbocycles. The summed E-state index contributed by atoms with van der Waals surface area (Å²) in [7, 11) is -3.81. The summed E-state index contributed by atoms with van der Waals surface area (Å²) >= 11 is 0. The zero-order valence-electron chi connectivity index (χ0n) is 10.00. The highest BCUT2D eigenvalue weighted by Gasteiger charge is 2.19. The third-order valence-corrected chi connectivity index (χ3v) is 3.75. The van der Waals surface area contributed by atoms with Gasteiger partial charge in [0.1, 0.15) is 11.0 Å². The average molecular weight is 269 g/mol. The van der Waals surface area contributed by atoms with Gasteiger partial charge in [0.15, 0.2) is 5.69 Å². The van der Waals surface area contributed by atoms with Crippen LogP contribution in [-0.4, -0.2) is 31.2 Å². The maximum atomic E-state index is 11.9. The van der Waals surface area contributed by atoms with E-state index in [1.54, 1.807) is 6.07 Å². The van der Waals surface area contributed by atoms with Crippen LogP contribution < -0.4 is 4.72 Å². The molecule has 0 saturated carbocycles. The molecule has 1 aromatic rings. The zero-order valence-corrected chi connectivity index (χ0v) is 10.8. The molecule has 2 N–H and O–H groups in total. The standard InChI is InChI=1S/C11H15N3O3S/c1-2-4-9(15)8-14-18(16,17)11-5-3-6-13-10(11)7-12/h3,5-6,9,14-15H,2,4,8H2,1H3. The van der Waals surface area contributed by atoms with Crippen molar-refractivity contribution in [2.45, 2.75) is 30.8 Å². The summed E-state index contributed by atoms with van der Waals surface area (Å²) in [5.74, 6) is 0. The van der Waals surface area contributed by atoms with E-state index in [1.807, 2.05) is 6.92 Å². The first-order chi connectivity index (χ1) is 8.51. The Kier molecular flexibility index (Phi) is 5.22. The fourth-order valence-electron chi connectivity index (χ4n) is 1.41. The van der Waals surface area contributed by atoms with E-state index < -0.39 is 16.1 Å². The van der Waals surface area contributed by atoms with Crippen molar-refractivity contribution in [3.8, 4) is 6.07 Å². The Morgan fingerprint density at radius 1 is 1.61 bits per heavy atom. The lowest BCUT2D eigenvalue weighted by atomic mass is 10.2. The topological polar surface area (TPSA) is 103 Å². The Hall–Kier alpha value is -1.49. The lowest BCUT2D eigenvalue weighted by molar-refractivity contribution is 0.167. The van der Waals surface area contributed by atoms with Crippen molar-refractivity contribution in [3.63, 3.8) is 0 Å². The number of hydrogen-bond donors (Lipinski definition) is 2. The van der Waals surface area contributed by atoms with Gasteiger partial charge in [-0.3, -0.25) is 0 Å². The summed E-state index contributed by atoms with van der Waals surface area (Å²) in [6.45, 7) is 1.82. The average Bonchev–Trinajstić information content (AvgIpc) is 2.37. The van der Waals surface area contributed by atoms with Gasteiger partial charge in [-0.25, -0.2) is 18.1 Å². The lowest BCUT2D eigenvalue weighted by Gasteiger charge is -2.11. The molecular weight excluding hydrogens is 254 g/mol. The van der Waals surface area contributed by atoms with Gasteiger partial charge in [0, 0.05) is 12.7 Å². The minimum absolute atomic E-state index is 0.0735. The second kappa shape index (κ2) is 6.44. The molecule has 1 atom stereocenters. The van der Waals surface area contributed by atoms with E-state index in [2.05, 4.69) is 9.71 Å². The highest BCUT2D eigenvalue weighted by molar-refractivity contribution is 7.89. The first-order valence-corrected chi connectivity index (χ1v) is 7.02. The highest BCUT2D eigenvalue weighted by atomic mass is 32.2. The van der Waals surface area contributed by atoms with E-state index >= 15 is 0 Å². The third-order valence-electron chi connectivity index (χ3n) is 2.30. The summed E-state index contributed by atoms with van der Waals surface area (Å²) in [5, 5.41) is 18.3. The van der Waals surface area contributed by atoms with Gasteiger partial charge in [-0.05, 0) is 18.6 Å². The molecular formula is C11H15N3O3S. The monoisotopic (exact) mass is 269 g/mol. The second-order valence-corrected chi connectivity index (χ2v) is 5.49. The van der Waals surface area contributed by atoms with Gasteiger partial charge in [-0.2, -0.15) is 5.26 Å². The molecule has 1 unspecified atom stereocenters. The van der Waals surface area contributed by atoms with Crippen molar-refractivity contribution in [3.05, 3.63) is 24.0 Å². The number of hydrogen-bond acceptors (Lipinski definition) is 5. The Balaban J connectivity index is 2.84. The number of pyridine rings is 1. The Labute approximate surface area is 106 Å². The second-order valence-electron chi connectivity index (χ2n) is 3.76. The lowest BCUT2D eigenvalue weighted by Crippen LogP contribution is -2.32. The summed E-state index contributed by atoms with van der Waals surface area (Å²) in [5.41, 5.74) is -0.157. The van der Waals surface area contributed by atoms with Crippen molar-refractivity contribution in [2.24, 2.45) is 0 Å². The van der Waals surface area contributed by atoms with Crippen LogP contribution in [0, 0.1) is 11.3 Å². The summed E-state index contributed by atoms with van der Waals surface area (Å²) in [6, 6.07) is 4.47. The van der Waals surface area contributed by atoms with Crippen LogP contribution in [0.25, 0.3) is 0 Å². The van der Waals surface area contributed by atoms with Crippen molar-refractivity contribution < 1.29 is 13.5 Å². The maximum absolute atomic E-state index is 11.9. The molecule has 1 aromatic heterocycles. The number of nitriles is 1. The summed E-state index contributed by atoms with van der Waals surface area (Å²) in [6.07, 6.45) is 1.90. The molecule has 1 heterocycles. The highest BCUT2D eigenvalue weighted by Crippen LogP contribution is 2.11. The van der Waals surface area contributed by atoms with Crippen LogP contribution in [0.15, 0.2) is 23.2 Å². The number of sulfonamides is 1. The minimum Gasteiger partial charge on any atom is -0.392 e. The molecule has 0 radical (unpaired) electrons. The molecule has 98 valence electrons. The molecule has 0 aliphatic heterocycles. The number of rotatable bonds is 6. The van der Waals surface area contributed by atoms with Gasteiger partial charge in [-0.1, -0.05) is 13.3 Å². The minimum atomic E-state index is -3.81. The van der Waals surface area contributed by atoms with Crippen molar-refractivity contribution in [2.75, 3.05) is 6.54 Å². The van der Waals surface area contributed by atoms with E-state index in [9.17, 15) is 13.5 Å². The maximum Gasteiger partial charge on any atom is 0.243 e. The third kappa shape index (κ3) is 3.77. The van der Waals surface area contributed by atoms with E-state index in [0.717, 1.165) is 6.42 Å². The van der Waals surface area contributed by atoms with Crippen LogP contribution in [0.2, 0.25) is 0 Å². The first-order valence-electron chi connectivity index (χ1n) is 5.54. The van der Waals surface area contributed by atoms with E-state index in [1.165, 1.54) is 18.3 Å². The smallest absolute Gasteiger partial charge is 0.243 e. The Morgan fingerprint density at radius 2 is 2.33 bits per heavy atom. The van der Waals surface area contributed by atoms with Crippen LogP contribution in [0.1, 0.15) is 25.5 Å². The molecule has 0 aliphatic rings. The van der Waals surface area contributed by atoms with Gasteiger partial charge in [-0.15, -0.1) is 0 Å². The number of aliphatic hydroxyl groups excluding tert-OH is 1. The fourth-order valence-corrected chi connectivity index (χ4v) is 2.59. The SMILES string of the molecule is CCCC(O)CNS(=O)(=O)c1cccnc1C#N. The summed E-state index contributed by atoms with van der Waals surface area (Å²) < 4.78 is 26.1. The predicted octanol–water partition coefficient (Wildman–Crippen LogP) is 0.393. The zero-order chi connectivity index (χ0) is 13.6. The molecule has 0 spiro atoms.